The zero-order valence-corrected chi connectivity index (χ0v) is 12.7. The lowest BCUT2D eigenvalue weighted by Crippen LogP contribution is -2.45. The second-order valence-corrected chi connectivity index (χ2v) is 6.91. The highest BCUT2D eigenvalue weighted by atomic mass is 35.5. The first-order valence-corrected chi connectivity index (χ1v) is 8.07. The third-order valence-corrected chi connectivity index (χ3v) is 5.48. The van der Waals surface area contributed by atoms with Crippen molar-refractivity contribution >= 4 is 33.2 Å². The summed E-state index contributed by atoms with van der Waals surface area (Å²) in [5.74, 6) is 0. The zero-order chi connectivity index (χ0) is 14.0. The maximum atomic E-state index is 12.4. The molecule has 1 aliphatic rings. The van der Waals surface area contributed by atoms with E-state index in [0.29, 0.717) is 19.7 Å². The van der Waals surface area contributed by atoms with Crippen molar-refractivity contribution in [1.29, 1.82) is 0 Å². The van der Waals surface area contributed by atoms with Gasteiger partial charge in [0.1, 0.15) is 10.0 Å². The lowest BCUT2D eigenvalue weighted by Gasteiger charge is -2.31. The fourth-order valence-electron chi connectivity index (χ4n) is 1.85. The zero-order valence-electron chi connectivity index (χ0n) is 10.3. The van der Waals surface area contributed by atoms with E-state index in [0.717, 1.165) is 6.42 Å². The summed E-state index contributed by atoms with van der Waals surface area (Å²) in [6.07, 6.45) is 1.92. The van der Waals surface area contributed by atoms with Crippen LogP contribution in [0.1, 0.15) is 13.3 Å². The van der Waals surface area contributed by atoms with Crippen molar-refractivity contribution in [2.75, 3.05) is 19.7 Å². The van der Waals surface area contributed by atoms with Gasteiger partial charge in [-0.05, 0) is 12.5 Å². The van der Waals surface area contributed by atoms with Crippen LogP contribution in [0.4, 0.5) is 0 Å². The Labute approximate surface area is 122 Å². The van der Waals surface area contributed by atoms with Crippen LogP contribution in [0.3, 0.4) is 0 Å². The maximum Gasteiger partial charge on any atom is 0.244 e. The lowest BCUT2D eigenvalue weighted by molar-refractivity contribution is -0.00278. The van der Waals surface area contributed by atoms with Gasteiger partial charge in [0.15, 0.2) is 0 Å². The van der Waals surface area contributed by atoms with E-state index in [-0.39, 0.29) is 21.2 Å². The first kappa shape index (κ1) is 15.0. The van der Waals surface area contributed by atoms with Crippen molar-refractivity contribution in [3.63, 3.8) is 0 Å². The number of nitrogens with zero attached hydrogens (tertiary/aromatic N) is 2. The summed E-state index contributed by atoms with van der Waals surface area (Å²) in [7, 11) is -3.60. The van der Waals surface area contributed by atoms with Crippen LogP contribution in [0.5, 0.6) is 0 Å². The molecule has 8 heteroatoms. The molecule has 0 spiro atoms. The van der Waals surface area contributed by atoms with Gasteiger partial charge in [0.2, 0.25) is 10.0 Å². The lowest BCUT2D eigenvalue weighted by atomic mass is 10.2. The van der Waals surface area contributed by atoms with Crippen LogP contribution < -0.4 is 0 Å². The van der Waals surface area contributed by atoms with E-state index in [4.69, 9.17) is 27.9 Å². The number of pyridine rings is 1. The number of sulfonamides is 1. The number of halogens is 2. The fourth-order valence-corrected chi connectivity index (χ4v) is 3.61. The van der Waals surface area contributed by atoms with Crippen LogP contribution in [0.2, 0.25) is 10.2 Å². The molecule has 0 aliphatic carbocycles. The number of hydrogen-bond donors (Lipinski definition) is 0. The predicted molar refractivity (Wildman–Crippen MR) is 73.0 cm³/mol. The molecule has 0 saturated carbocycles. The van der Waals surface area contributed by atoms with Crippen LogP contribution in [0.25, 0.3) is 0 Å². The van der Waals surface area contributed by atoms with Gasteiger partial charge >= 0.3 is 0 Å². The average Bonchev–Trinajstić information content (AvgIpc) is 2.41. The van der Waals surface area contributed by atoms with Crippen molar-refractivity contribution in [2.45, 2.75) is 24.3 Å². The normalized spacial score (nSPS) is 21.5. The van der Waals surface area contributed by atoms with Gasteiger partial charge in [0.25, 0.3) is 0 Å². The summed E-state index contributed by atoms with van der Waals surface area (Å²) in [6, 6.07) is 1.32. The highest BCUT2D eigenvalue weighted by molar-refractivity contribution is 7.89. The molecule has 0 bridgehead atoms. The number of aromatic nitrogens is 1. The first-order valence-electron chi connectivity index (χ1n) is 5.88. The minimum absolute atomic E-state index is 0.0543. The Morgan fingerprint density at radius 2 is 2.26 bits per heavy atom. The summed E-state index contributed by atoms with van der Waals surface area (Å²) in [5.41, 5.74) is 0. The first-order chi connectivity index (χ1) is 8.95. The predicted octanol–water partition coefficient (Wildman–Crippen LogP) is 2.19. The van der Waals surface area contributed by atoms with E-state index in [1.54, 1.807) is 0 Å². The second-order valence-electron chi connectivity index (χ2n) is 4.21. The molecular formula is C11H14Cl2N2O3S. The van der Waals surface area contributed by atoms with Crippen LogP contribution >= 0.6 is 23.2 Å². The highest BCUT2D eigenvalue weighted by Gasteiger charge is 2.30. The molecule has 0 amide bonds. The van der Waals surface area contributed by atoms with Crippen LogP contribution in [0, 0.1) is 0 Å². The highest BCUT2D eigenvalue weighted by Crippen LogP contribution is 2.25. The molecule has 1 saturated heterocycles. The Hall–Kier alpha value is -0.400. The smallest absolute Gasteiger partial charge is 0.244 e. The van der Waals surface area contributed by atoms with Gasteiger partial charge in [-0.15, -0.1) is 0 Å². The van der Waals surface area contributed by atoms with Crippen molar-refractivity contribution in [1.82, 2.24) is 9.29 Å². The quantitative estimate of drug-likeness (QED) is 0.800. The number of morpholine rings is 1. The van der Waals surface area contributed by atoms with Crippen LogP contribution in [-0.2, 0) is 14.8 Å². The van der Waals surface area contributed by atoms with Gasteiger partial charge in [-0.3, -0.25) is 0 Å². The van der Waals surface area contributed by atoms with Gasteiger partial charge < -0.3 is 4.74 Å². The minimum Gasteiger partial charge on any atom is -0.375 e. The molecule has 0 aromatic carbocycles. The summed E-state index contributed by atoms with van der Waals surface area (Å²) in [5, 5.41) is 0.220. The van der Waals surface area contributed by atoms with E-state index in [1.165, 1.54) is 16.6 Å². The molecule has 19 heavy (non-hydrogen) atoms. The van der Waals surface area contributed by atoms with E-state index >= 15 is 0 Å². The van der Waals surface area contributed by atoms with E-state index in [1.807, 2.05) is 6.92 Å². The van der Waals surface area contributed by atoms with Gasteiger partial charge in [-0.1, -0.05) is 30.1 Å². The summed E-state index contributed by atoms with van der Waals surface area (Å²) < 4.78 is 31.7. The average molecular weight is 325 g/mol. The molecule has 1 fully saturated rings. The molecule has 5 nitrogen and oxygen atoms in total. The molecule has 1 aliphatic heterocycles. The Morgan fingerprint density at radius 3 is 2.89 bits per heavy atom. The van der Waals surface area contributed by atoms with Gasteiger partial charge in [-0.25, -0.2) is 13.4 Å². The Kier molecular flexibility index (Phi) is 4.68. The Balaban J connectivity index is 2.28. The number of hydrogen-bond acceptors (Lipinski definition) is 4. The number of ether oxygens (including phenoxy) is 1. The fraction of sp³-hybridized carbons (Fsp3) is 0.545. The Morgan fingerprint density at radius 1 is 1.53 bits per heavy atom. The summed E-state index contributed by atoms with van der Waals surface area (Å²) in [6.45, 7) is 3.03. The van der Waals surface area contributed by atoms with Gasteiger partial charge in [0, 0.05) is 19.3 Å². The molecule has 1 atom stereocenters. The van der Waals surface area contributed by atoms with Crippen molar-refractivity contribution in [2.24, 2.45) is 0 Å². The molecule has 0 N–H and O–H groups in total. The third kappa shape index (κ3) is 3.20. The topological polar surface area (TPSA) is 59.5 Å². The van der Waals surface area contributed by atoms with Crippen LogP contribution in [0.15, 0.2) is 17.2 Å². The molecule has 2 rings (SSSR count). The van der Waals surface area contributed by atoms with Crippen molar-refractivity contribution < 1.29 is 13.2 Å². The van der Waals surface area contributed by atoms with Crippen molar-refractivity contribution in [3.8, 4) is 0 Å². The minimum atomic E-state index is -3.60. The molecule has 1 aromatic rings. The monoisotopic (exact) mass is 324 g/mol. The Bertz CT molecular complexity index is 565. The second kappa shape index (κ2) is 5.93. The molecule has 1 aromatic heterocycles. The summed E-state index contributed by atoms with van der Waals surface area (Å²) in [4.78, 5) is 3.83. The largest absolute Gasteiger partial charge is 0.375 e. The van der Waals surface area contributed by atoms with E-state index in [9.17, 15) is 8.42 Å². The van der Waals surface area contributed by atoms with Gasteiger partial charge in [0.05, 0.1) is 17.7 Å². The molecule has 2 heterocycles. The molecule has 0 radical (unpaired) electrons. The molecular weight excluding hydrogens is 311 g/mol. The number of rotatable bonds is 3. The van der Waals surface area contributed by atoms with E-state index in [2.05, 4.69) is 4.98 Å². The van der Waals surface area contributed by atoms with Crippen LogP contribution in [-0.4, -0.2) is 43.5 Å². The maximum absolute atomic E-state index is 12.4. The van der Waals surface area contributed by atoms with Gasteiger partial charge in [-0.2, -0.15) is 4.31 Å². The SMILES string of the molecule is CCC1CN(S(=O)(=O)c2cnc(Cl)c(Cl)c2)CCO1. The van der Waals surface area contributed by atoms with E-state index < -0.39 is 10.0 Å². The molecule has 1 unspecified atom stereocenters. The third-order valence-electron chi connectivity index (χ3n) is 2.97. The molecule has 106 valence electrons. The standard InChI is InChI=1S/C11H14Cl2N2O3S/c1-2-8-7-15(3-4-18-8)19(16,17)9-5-10(12)11(13)14-6-9/h5-6,8H,2-4,7H2,1H3. The van der Waals surface area contributed by atoms with Crippen molar-refractivity contribution in [3.05, 3.63) is 22.4 Å². The summed E-state index contributed by atoms with van der Waals surface area (Å²) >= 11 is 11.5.